The molecule has 94 valence electrons. The highest BCUT2D eigenvalue weighted by Gasteiger charge is 2.28. The number of carbonyl (C=O) groups is 1. The molecule has 0 aliphatic heterocycles. The maximum absolute atomic E-state index is 12.1. The molecule has 18 heavy (non-hydrogen) atoms. The van der Waals surface area contributed by atoms with E-state index in [1.165, 1.54) is 0 Å². The zero-order valence-electron chi connectivity index (χ0n) is 9.91. The van der Waals surface area contributed by atoms with Crippen LogP contribution in [0, 0.1) is 5.92 Å². The predicted octanol–water partition coefficient (Wildman–Crippen LogP) is 0.795. The van der Waals surface area contributed by atoms with Crippen LogP contribution < -0.4 is 11.1 Å². The molecule has 2 aromatic rings. The van der Waals surface area contributed by atoms with Crippen LogP contribution in [0.5, 0.6) is 0 Å². The Morgan fingerprint density at radius 1 is 1.39 bits per heavy atom. The van der Waals surface area contributed by atoms with Crippen molar-refractivity contribution in [1.82, 2.24) is 14.6 Å². The van der Waals surface area contributed by atoms with Gasteiger partial charge in [-0.15, -0.1) is 10.2 Å². The molecule has 1 aliphatic rings. The molecule has 1 fully saturated rings. The molecule has 1 saturated carbocycles. The van der Waals surface area contributed by atoms with E-state index in [1.807, 2.05) is 24.4 Å². The van der Waals surface area contributed by atoms with E-state index < -0.39 is 0 Å². The Labute approximate surface area is 104 Å². The fourth-order valence-electron chi connectivity index (χ4n) is 2.39. The Kier molecular flexibility index (Phi) is 2.71. The predicted molar refractivity (Wildman–Crippen MR) is 66.9 cm³/mol. The van der Waals surface area contributed by atoms with Crippen molar-refractivity contribution < 1.29 is 4.79 Å². The first kappa shape index (κ1) is 11.2. The van der Waals surface area contributed by atoms with Crippen molar-refractivity contribution in [2.45, 2.75) is 25.3 Å². The average molecular weight is 245 g/mol. The van der Waals surface area contributed by atoms with Crippen LogP contribution in [0.3, 0.4) is 0 Å². The maximum atomic E-state index is 12.1. The Hall–Kier alpha value is -1.95. The number of hydrogen-bond donors (Lipinski definition) is 2. The van der Waals surface area contributed by atoms with E-state index in [0.29, 0.717) is 5.95 Å². The lowest BCUT2D eigenvalue weighted by molar-refractivity contribution is -0.119. The van der Waals surface area contributed by atoms with Crippen molar-refractivity contribution in [2.24, 2.45) is 11.7 Å². The van der Waals surface area contributed by atoms with Gasteiger partial charge in [-0.05, 0) is 31.4 Å². The summed E-state index contributed by atoms with van der Waals surface area (Å²) in [4.78, 5) is 12.1. The van der Waals surface area contributed by atoms with Crippen molar-refractivity contribution in [1.29, 1.82) is 0 Å². The first-order valence-electron chi connectivity index (χ1n) is 6.10. The zero-order chi connectivity index (χ0) is 12.5. The van der Waals surface area contributed by atoms with Gasteiger partial charge in [-0.1, -0.05) is 6.07 Å². The number of nitrogens with two attached hydrogens (primary N) is 1. The minimum atomic E-state index is -0.0129. The second-order valence-corrected chi connectivity index (χ2v) is 4.71. The van der Waals surface area contributed by atoms with Crippen molar-refractivity contribution in [3.8, 4) is 0 Å². The summed E-state index contributed by atoms with van der Waals surface area (Å²) in [6, 6.07) is 5.74. The summed E-state index contributed by atoms with van der Waals surface area (Å²) in [5.41, 5.74) is 6.53. The van der Waals surface area contributed by atoms with Gasteiger partial charge in [0.1, 0.15) is 0 Å². The highest BCUT2D eigenvalue weighted by atomic mass is 16.2. The van der Waals surface area contributed by atoms with Crippen LogP contribution in [-0.4, -0.2) is 26.5 Å². The fourth-order valence-corrected chi connectivity index (χ4v) is 2.39. The monoisotopic (exact) mass is 245 g/mol. The Morgan fingerprint density at radius 3 is 3.06 bits per heavy atom. The lowest BCUT2D eigenvalue weighted by atomic mass is 10.1. The summed E-state index contributed by atoms with van der Waals surface area (Å²) in [5, 5.41) is 10.8. The van der Waals surface area contributed by atoms with Gasteiger partial charge in [-0.2, -0.15) is 0 Å². The van der Waals surface area contributed by atoms with Crippen molar-refractivity contribution >= 4 is 17.5 Å². The molecule has 0 radical (unpaired) electrons. The normalized spacial score (nSPS) is 23.4. The average Bonchev–Trinajstić information content (AvgIpc) is 2.97. The third-order valence-corrected chi connectivity index (χ3v) is 3.39. The molecular formula is C12H15N5O. The van der Waals surface area contributed by atoms with E-state index in [9.17, 15) is 4.79 Å². The fraction of sp³-hybridized carbons (Fsp3) is 0.417. The first-order valence-corrected chi connectivity index (χ1v) is 6.10. The van der Waals surface area contributed by atoms with E-state index in [2.05, 4.69) is 15.5 Å². The van der Waals surface area contributed by atoms with Gasteiger partial charge in [-0.25, -0.2) is 0 Å². The SMILES string of the molecule is NC1CCC(C(=O)Nc2nnc3ccccn23)C1. The van der Waals surface area contributed by atoms with Crippen molar-refractivity contribution in [2.75, 3.05) is 5.32 Å². The number of carbonyl (C=O) groups excluding carboxylic acids is 1. The Morgan fingerprint density at radius 2 is 2.28 bits per heavy atom. The summed E-state index contributed by atoms with van der Waals surface area (Å²) < 4.78 is 1.76. The van der Waals surface area contributed by atoms with Gasteiger partial charge >= 0.3 is 0 Å². The maximum Gasteiger partial charge on any atom is 0.235 e. The summed E-state index contributed by atoms with van der Waals surface area (Å²) in [6.07, 6.45) is 4.34. The Bertz CT molecular complexity index is 579. The van der Waals surface area contributed by atoms with Crippen LogP contribution in [0.2, 0.25) is 0 Å². The third kappa shape index (κ3) is 1.95. The molecular weight excluding hydrogens is 230 g/mol. The van der Waals surface area contributed by atoms with Gasteiger partial charge in [0.15, 0.2) is 5.65 Å². The highest BCUT2D eigenvalue weighted by Crippen LogP contribution is 2.25. The molecule has 3 rings (SSSR count). The number of amides is 1. The van der Waals surface area contributed by atoms with Crippen molar-refractivity contribution in [3.63, 3.8) is 0 Å². The van der Waals surface area contributed by atoms with Gasteiger partial charge in [0.2, 0.25) is 11.9 Å². The molecule has 2 heterocycles. The number of rotatable bonds is 2. The molecule has 0 bridgehead atoms. The van der Waals surface area contributed by atoms with Gasteiger partial charge in [0.25, 0.3) is 0 Å². The van der Waals surface area contributed by atoms with Gasteiger partial charge in [0, 0.05) is 18.2 Å². The zero-order valence-corrected chi connectivity index (χ0v) is 9.91. The first-order chi connectivity index (χ1) is 8.74. The molecule has 0 saturated heterocycles. The van der Waals surface area contributed by atoms with E-state index in [-0.39, 0.29) is 17.9 Å². The molecule has 2 atom stereocenters. The van der Waals surface area contributed by atoms with Crippen LogP contribution in [0.15, 0.2) is 24.4 Å². The smallest absolute Gasteiger partial charge is 0.235 e. The molecule has 0 spiro atoms. The van der Waals surface area contributed by atoms with Crippen LogP contribution in [-0.2, 0) is 4.79 Å². The minimum absolute atomic E-state index is 0.00365. The molecule has 1 amide bonds. The molecule has 3 N–H and O–H groups in total. The standard InChI is InChI=1S/C12H15N5O/c13-9-5-4-8(7-9)11(18)14-12-16-15-10-3-1-2-6-17(10)12/h1-3,6,8-9H,4-5,7,13H2,(H,14,16,18). The molecule has 2 unspecified atom stereocenters. The second-order valence-electron chi connectivity index (χ2n) is 4.71. The molecule has 1 aliphatic carbocycles. The summed E-state index contributed by atoms with van der Waals surface area (Å²) in [5.74, 6) is 0.452. The number of hydrogen-bond acceptors (Lipinski definition) is 4. The van der Waals surface area contributed by atoms with Gasteiger partial charge in [0.05, 0.1) is 0 Å². The molecule has 6 nitrogen and oxygen atoms in total. The topological polar surface area (TPSA) is 85.3 Å². The Balaban J connectivity index is 1.78. The molecule has 6 heteroatoms. The number of aromatic nitrogens is 3. The van der Waals surface area contributed by atoms with Crippen LogP contribution in [0.4, 0.5) is 5.95 Å². The largest absolute Gasteiger partial charge is 0.328 e. The summed E-state index contributed by atoms with van der Waals surface area (Å²) >= 11 is 0. The van der Waals surface area contributed by atoms with E-state index in [4.69, 9.17) is 5.73 Å². The lowest BCUT2D eigenvalue weighted by Crippen LogP contribution is -2.24. The number of pyridine rings is 1. The second kappa shape index (κ2) is 4.38. The highest BCUT2D eigenvalue weighted by molar-refractivity contribution is 5.91. The number of fused-ring (bicyclic) bond motifs is 1. The number of anilines is 1. The van der Waals surface area contributed by atoms with E-state index in [0.717, 1.165) is 24.9 Å². The lowest BCUT2D eigenvalue weighted by Gasteiger charge is -2.09. The van der Waals surface area contributed by atoms with Crippen LogP contribution in [0.1, 0.15) is 19.3 Å². The summed E-state index contributed by atoms with van der Waals surface area (Å²) in [7, 11) is 0. The molecule has 0 aromatic carbocycles. The quantitative estimate of drug-likeness (QED) is 0.819. The molecule has 2 aromatic heterocycles. The van der Waals surface area contributed by atoms with Gasteiger partial charge in [-0.3, -0.25) is 14.5 Å². The van der Waals surface area contributed by atoms with E-state index in [1.54, 1.807) is 4.40 Å². The summed E-state index contributed by atoms with van der Waals surface area (Å²) in [6.45, 7) is 0. The number of nitrogens with zero attached hydrogens (tertiary/aromatic N) is 3. The third-order valence-electron chi connectivity index (χ3n) is 3.39. The van der Waals surface area contributed by atoms with E-state index >= 15 is 0 Å². The number of nitrogens with one attached hydrogen (secondary N) is 1. The van der Waals surface area contributed by atoms with Gasteiger partial charge < -0.3 is 5.73 Å². The van der Waals surface area contributed by atoms with Crippen molar-refractivity contribution in [3.05, 3.63) is 24.4 Å². The minimum Gasteiger partial charge on any atom is -0.328 e. The van der Waals surface area contributed by atoms with Crippen LogP contribution >= 0.6 is 0 Å². The van der Waals surface area contributed by atoms with Crippen LogP contribution in [0.25, 0.3) is 5.65 Å².